The molecule has 3 aromatic carbocycles. The Morgan fingerprint density at radius 1 is 1.09 bits per heavy atom. The van der Waals surface area contributed by atoms with Gasteiger partial charge in [-0.1, -0.05) is 35.9 Å². The highest BCUT2D eigenvalue weighted by atomic mass is 35.5. The lowest BCUT2D eigenvalue weighted by Gasteiger charge is -2.12. The molecule has 1 aliphatic rings. The Kier molecular flexibility index (Phi) is 5.43. The topological polar surface area (TPSA) is 56.3 Å². The van der Waals surface area contributed by atoms with Crippen molar-refractivity contribution in [3.63, 3.8) is 0 Å². The maximum absolute atomic E-state index is 13.7. The minimum absolute atomic E-state index is 0.0569. The van der Waals surface area contributed by atoms with Gasteiger partial charge in [-0.05, 0) is 61.3 Å². The first kappa shape index (κ1) is 21.6. The lowest BCUT2D eigenvalue weighted by Crippen LogP contribution is -2.13. The molecule has 0 bridgehead atoms. The van der Waals surface area contributed by atoms with Gasteiger partial charge in [0.25, 0.3) is 0 Å². The van der Waals surface area contributed by atoms with Crippen LogP contribution in [0, 0.1) is 11.6 Å². The molecule has 2 heterocycles. The van der Waals surface area contributed by atoms with E-state index >= 15 is 0 Å². The fraction of sp³-hybridized carbons (Fsp3) is 0.192. The molecule has 0 aliphatic carbocycles. The summed E-state index contributed by atoms with van der Waals surface area (Å²) < 4.78 is 27.3. The van der Waals surface area contributed by atoms with Gasteiger partial charge in [-0.25, -0.2) is 8.78 Å². The van der Waals surface area contributed by atoms with Crippen LogP contribution in [-0.4, -0.2) is 40.9 Å². The predicted molar refractivity (Wildman–Crippen MR) is 125 cm³/mol. The molecule has 5 rings (SSSR count). The molecule has 1 saturated heterocycles. The van der Waals surface area contributed by atoms with E-state index in [4.69, 9.17) is 11.6 Å². The van der Waals surface area contributed by atoms with Gasteiger partial charge >= 0.3 is 0 Å². The van der Waals surface area contributed by atoms with Gasteiger partial charge in [0, 0.05) is 29.1 Å². The highest BCUT2D eigenvalue weighted by molar-refractivity contribution is 6.34. The number of hydrogen-bond donors (Lipinski definition) is 2. The molecule has 0 saturated carbocycles. The van der Waals surface area contributed by atoms with Crippen molar-refractivity contribution < 1.29 is 18.7 Å². The number of aromatic amines is 1. The molecule has 1 unspecified atom stereocenters. The van der Waals surface area contributed by atoms with Crippen LogP contribution in [0.5, 0.6) is 5.88 Å². The first-order valence-electron chi connectivity index (χ1n) is 10.6. The Labute approximate surface area is 194 Å². The van der Waals surface area contributed by atoms with Crippen LogP contribution < -0.4 is 0 Å². The van der Waals surface area contributed by atoms with Crippen molar-refractivity contribution in [1.82, 2.24) is 9.88 Å². The number of nitrogens with zero attached hydrogens (tertiary/aromatic N) is 1. The third-order valence-electron chi connectivity index (χ3n) is 6.30. The van der Waals surface area contributed by atoms with E-state index in [2.05, 4.69) is 29.1 Å². The van der Waals surface area contributed by atoms with E-state index in [0.717, 1.165) is 37.2 Å². The highest BCUT2D eigenvalue weighted by Crippen LogP contribution is 2.38. The molecule has 0 amide bonds. The third kappa shape index (κ3) is 4.01. The van der Waals surface area contributed by atoms with Crippen LogP contribution in [0.1, 0.15) is 33.8 Å². The predicted octanol–water partition coefficient (Wildman–Crippen LogP) is 6.12. The van der Waals surface area contributed by atoms with Crippen LogP contribution in [0.4, 0.5) is 8.78 Å². The molecule has 7 heteroatoms. The van der Waals surface area contributed by atoms with Gasteiger partial charge in [-0.15, -0.1) is 0 Å². The second-order valence-corrected chi connectivity index (χ2v) is 8.99. The van der Waals surface area contributed by atoms with E-state index in [1.807, 2.05) is 12.1 Å². The number of likely N-dealkylation sites (tertiary alicyclic amines) is 1. The van der Waals surface area contributed by atoms with Crippen LogP contribution in [0.15, 0.2) is 54.6 Å². The minimum Gasteiger partial charge on any atom is -0.494 e. The van der Waals surface area contributed by atoms with E-state index in [1.165, 1.54) is 5.56 Å². The average molecular weight is 467 g/mol. The van der Waals surface area contributed by atoms with Crippen LogP contribution in [0.3, 0.4) is 0 Å². The zero-order valence-corrected chi connectivity index (χ0v) is 18.6. The Morgan fingerprint density at radius 2 is 1.79 bits per heavy atom. The number of aromatic nitrogens is 1. The van der Waals surface area contributed by atoms with Crippen molar-refractivity contribution >= 4 is 28.3 Å². The summed E-state index contributed by atoms with van der Waals surface area (Å²) in [7, 11) is 2.12. The van der Waals surface area contributed by atoms with E-state index in [9.17, 15) is 18.7 Å². The highest BCUT2D eigenvalue weighted by Gasteiger charge is 2.23. The number of carbonyl (C=O) groups is 1. The average Bonchev–Trinajstić information content (AvgIpc) is 3.34. The molecular formula is C26H21ClF2N2O2. The summed E-state index contributed by atoms with van der Waals surface area (Å²) in [5, 5.41) is 11.3. The largest absolute Gasteiger partial charge is 0.494 e. The van der Waals surface area contributed by atoms with Gasteiger partial charge in [-0.2, -0.15) is 0 Å². The maximum Gasteiger partial charge on any atom is 0.200 e. The van der Waals surface area contributed by atoms with Crippen LogP contribution >= 0.6 is 11.6 Å². The number of likely N-dealkylation sites (N-methyl/N-ethyl adjacent to an activating group) is 1. The first-order valence-corrected chi connectivity index (χ1v) is 11.0. The Balaban J connectivity index is 1.56. The number of halogens is 3. The van der Waals surface area contributed by atoms with Crippen LogP contribution in [-0.2, 0) is 0 Å². The number of carbonyl (C=O) groups excluding carboxylic acids is 1. The molecule has 1 aliphatic heterocycles. The first-order chi connectivity index (χ1) is 15.8. The molecular weight excluding hydrogens is 446 g/mol. The third-order valence-corrected chi connectivity index (χ3v) is 6.62. The van der Waals surface area contributed by atoms with Gasteiger partial charge in [-0.3, -0.25) is 4.79 Å². The zero-order chi connectivity index (χ0) is 23.3. The summed E-state index contributed by atoms with van der Waals surface area (Å²) in [5.74, 6) is -2.30. The second kappa shape index (κ2) is 8.28. The maximum atomic E-state index is 13.7. The van der Waals surface area contributed by atoms with Gasteiger partial charge in [0.2, 0.25) is 5.88 Å². The summed E-state index contributed by atoms with van der Waals surface area (Å²) in [6, 6.07) is 14.1. The number of H-pyrrole nitrogens is 1. The monoisotopic (exact) mass is 466 g/mol. The number of fused-ring (bicyclic) bond motifs is 1. The van der Waals surface area contributed by atoms with Crippen molar-refractivity contribution in [2.75, 3.05) is 20.1 Å². The van der Waals surface area contributed by atoms with E-state index in [1.54, 1.807) is 12.1 Å². The number of aromatic hydroxyl groups is 1. The minimum atomic E-state index is -0.866. The summed E-state index contributed by atoms with van der Waals surface area (Å²) in [4.78, 5) is 18.1. The summed E-state index contributed by atoms with van der Waals surface area (Å²) >= 11 is 6.53. The molecule has 4 nitrogen and oxygen atoms in total. The number of nitrogens with one attached hydrogen (secondary N) is 1. The lowest BCUT2D eigenvalue weighted by molar-refractivity contribution is 0.103. The van der Waals surface area contributed by atoms with Crippen molar-refractivity contribution in [2.24, 2.45) is 0 Å². The van der Waals surface area contributed by atoms with E-state index < -0.39 is 17.4 Å². The Bertz CT molecular complexity index is 1360. The van der Waals surface area contributed by atoms with E-state index in [0.29, 0.717) is 33.5 Å². The molecule has 1 fully saturated rings. The molecule has 2 N–H and O–H groups in total. The van der Waals surface area contributed by atoms with E-state index in [-0.39, 0.29) is 17.0 Å². The van der Waals surface area contributed by atoms with Gasteiger partial charge < -0.3 is 15.0 Å². The molecule has 168 valence electrons. The molecule has 4 aromatic rings. The Hall–Kier alpha value is -3.22. The van der Waals surface area contributed by atoms with Crippen molar-refractivity contribution in [3.05, 3.63) is 87.9 Å². The number of rotatable bonds is 4. The Morgan fingerprint density at radius 3 is 2.42 bits per heavy atom. The smallest absolute Gasteiger partial charge is 0.200 e. The number of ketones is 1. The van der Waals surface area contributed by atoms with Gasteiger partial charge in [0.05, 0.1) is 16.1 Å². The van der Waals surface area contributed by atoms with Gasteiger partial charge in [0.1, 0.15) is 11.6 Å². The molecule has 1 atom stereocenters. The normalized spacial score (nSPS) is 16.5. The second-order valence-electron chi connectivity index (χ2n) is 8.58. The number of benzene rings is 3. The summed E-state index contributed by atoms with van der Waals surface area (Å²) in [6.07, 6.45) is 1.12. The fourth-order valence-corrected chi connectivity index (χ4v) is 4.90. The summed E-state index contributed by atoms with van der Waals surface area (Å²) in [6.45, 7) is 2.11. The van der Waals surface area contributed by atoms with Crippen LogP contribution in [0.25, 0.3) is 22.0 Å². The quantitative estimate of drug-likeness (QED) is 0.356. The lowest BCUT2D eigenvalue weighted by atomic mass is 9.94. The van der Waals surface area contributed by atoms with Crippen molar-refractivity contribution in [3.8, 4) is 17.0 Å². The molecule has 0 spiro atoms. The fourth-order valence-electron chi connectivity index (χ4n) is 4.62. The number of hydrogen-bond acceptors (Lipinski definition) is 3. The molecule has 0 radical (unpaired) electrons. The van der Waals surface area contributed by atoms with Crippen molar-refractivity contribution in [1.29, 1.82) is 0 Å². The molecule has 1 aromatic heterocycles. The zero-order valence-electron chi connectivity index (χ0n) is 17.8. The standard InChI is InChI=1S/C26H21ClF2N2O2/c1-31-7-6-16(13-31)14-2-4-15(5-3-14)20-11-21-23(12-22(20)27)30-26(33)24(21)25(32)17-8-18(28)10-19(29)9-17/h2-5,8-12,16,30,33H,6-7,13H2,1H3. The summed E-state index contributed by atoms with van der Waals surface area (Å²) in [5.41, 5.74) is 3.03. The van der Waals surface area contributed by atoms with Crippen LogP contribution in [0.2, 0.25) is 5.02 Å². The van der Waals surface area contributed by atoms with Gasteiger partial charge in [0.15, 0.2) is 5.78 Å². The SMILES string of the molecule is CN1CCC(c2ccc(-c3cc4c(C(=O)c5cc(F)cc(F)c5)c(O)[nH]c4cc3Cl)cc2)C1. The van der Waals surface area contributed by atoms with Crippen molar-refractivity contribution in [2.45, 2.75) is 12.3 Å². The molecule has 33 heavy (non-hydrogen) atoms.